The molecule has 1 aromatic heterocycles. The molecule has 2 fully saturated rings. The van der Waals surface area contributed by atoms with Crippen LogP contribution in [0, 0.1) is 18.8 Å². The largest absolute Gasteiger partial charge is 0.342 e. The third-order valence-corrected chi connectivity index (χ3v) is 5.94. The van der Waals surface area contributed by atoms with E-state index in [2.05, 4.69) is 24.0 Å². The van der Waals surface area contributed by atoms with Crippen LogP contribution >= 0.6 is 23.7 Å². The van der Waals surface area contributed by atoms with E-state index < -0.39 is 0 Å². The van der Waals surface area contributed by atoms with E-state index in [4.69, 9.17) is 5.73 Å². The van der Waals surface area contributed by atoms with Crippen LogP contribution in [0.15, 0.2) is 12.1 Å². The number of halogens is 1. The molecule has 0 aromatic carbocycles. The lowest BCUT2D eigenvalue weighted by Gasteiger charge is -2.18. The fourth-order valence-electron chi connectivity index (χ4n) is 3.70. The molecular formula is C16H25ClN2OS. The molecule has 5 heteroatoms. The number of aryl methyl sites for hydroxylation is 2. The summed E-state index contributed by atoms with van der Waals surface area (Å²) in [5.74, 6) is 1.58. The highest BCUT2D eigenvalue weighted by Crippen LogP contribution is 2.37. The lowest BCUT2D eigenvalue weighted by molar-refractivity contribution is -0.130. The first kappa shape index (κ1) is 16.8. The molecular weight excluding hydrogens is 304 g/mol. The monoisotopic (exact) mass is 328 g/mol. The molecule has 2 aliphatic rings. The van der Waals surface area contributed by atoms with Gasteiger partial charge in [0.1, 0.15) is 0 Å². The highest BCUT2D eigenvalue weighted by molar-refractivity contribution is 7.11. The van der Waals surface area contributed by atoms with Gasteiger partial charge in [0.15, 0.2) is 0 Å². The minimum Gasteiger partial charge on any atom is -0.342 e. The molecule has 2 heterocycles. The van der Waals surface area contributed by atoms with E-state index in [0.717, 1.165) is 32.4 Å². The normalized spacial score (nSPS) is 27.5. The third-order valence-electron chi connectivity index (χ3n) is 4.87. The molecule has 2 N–H and O–H groups in total. The smallest absolute Gasteiger partial charge is 0.222 e. The summed E-state index contributed by atoms with van der Waals surface area (Å²) in [5.41, 5.74) is 6.12. The van der Waals surface area contributed by atoms with Crippen molar-refractivity contribution in [1.82, 2.24) is 4.90 Å². The number of nitrogens with two attached hydrogens (primary N) is 1. The van der Waals surface area contributed by atoms with Gasteiger partial charge in [-0.3, -0.25) is 4.79 Å². The van der Waals surface area contributed by atoms with E-state index in [0.29, 0.717) is 30.2 Å². The van der Waals surface area contributed by atoms with E-state index in [1.54, 1.807) is 0 Å². The van der Waals surface area contributed by atoms with Crippen molar-refractivity contribution in [3.8, 4) is 0 Å². The van der Waals surface area contributed by atoms with Gasteiger partial charge in [-0.2, -0.15) is 0 Å². The van der Waals surface area contributed by atoms with Gasteiger partial charge < -0.3 is 10.6 Å². The first-order chi connectivity index (χ1) is 9.63. The highest BCUT2D eigenvalue weighted by Gasteiger charge is 2.42. The van der Waals surface area contributed by atoms with E-state index in [1.165, 1.54) is 16.2 Å². The molecule has 118 valence electrons. The maximum Gasteiger partial charge on any atom is 0.222 e. The number of thiophene rings is 1. The Balaban J connectivity index is 0.00000161. The van der Waals surface area contributed by atoms with Crippen LogP contribution in [0.5, 0.6) is 0 Å². The molecule has 0 radical (unpaired) electrons. The zero-order chi connectivity index (χ0) is 14.1. The van der Waals surface area contributed by atoms with Crippen molar-refractivity contribution in [2.75, 3.05) is 13.1 Å². The third kappa shape index (κ3) is 3.79. The van der Waals surface area contributed by atoms with Gasteiger partial charge in [0.05, 0.1) is 0 Å². The second-order valence-corrected chi connectivity index (χ2v) is 7.70. The Labute approximate surface area is 137 Å². The summed E-state index contributed by atoms with van der Waals surface area (Å²) in [7, 11) is 0. The summed E-state index contributed by atoms with van der Waals surface area (Å²) < 4.78 is 0. The van der Waals surface area contributed by atoms with Gasteiger partial charge in [0, 0.05) is 35.3 Å². The minimum absolute atomic E-state index is 0. The molecule has 0 spiro atoms. The second-order valence-electron chi connectivity index (χ2n) is 6.33. The van der Waals surface area contributed by atoms with Gasteiger partial charge in [-0.05, 0) is 56.6 Å². The fourth-order valence-corrected chi connectivity index (χ4v) is 4.63. The Hall–Kier alpha value is -0.580. The predicted octanol–water partition coefficient (Wildman–Crippen LogP) is 3.00. The highest BCUT2D eigenvalue weighted by atomic mass is 35.5. The van der Waals surface area contributed by atoms with Gasteiger partial charge >= 0.3 is 0 Å². The SMILES string of the molecule is Cc1ccc(CCCC(=O)N2CC3CCC(N)C3C2)s1.Cl. The number of carbonyl (C=O) groups excluding carboxylic acids is 1. The molecule has 1 aliphatic carbocycles. The van der Waals surface area contributed by atoms with Gasteiger partial charge in [-0.25, -0.2) is 0 Å². The van der Waals surface area contributed by atoms with Crippen molar-refractivity contribution >= 4 is 29.7 Å². The lowest BCUT2D eigenvalue weighted by atomic mass is 9.98. The van der Waals surface area contributed by atoms with Crippen LogP contribution in [0.3, 0.4) is 0 Å². The Morgan fingerprint density at radius 3 is 2.86 bits per heavy atom. The van der Waals surface area contributed by atoms with Crippen molar-refractivity contribution in [3.05, 3.63) is 21.9 Å². The standard InChI is InChI=1S/C16H24N2OS.ClH/c1-11-5-7-13(20-11)3-2-4-16(19)18-9-12-6-8-15(17)14(12)10-18;/h5,7,12,14-15H,2-4,6,8-10,17H2,1H3;1H. The number of likely N-dealkylation sites (tertiary alicyclic amines) is 1. The maximum atomic E-state index is 12.3. The van der Waals surface area contributed by atoms with Crippen LogP contribution in [-0.2, 0) is 11.2 Å². The summed E-state index contributed by atoms with van der Waals surface area (Å²) in [4.78, 5) is 17.1. The zero-order valence-corrected chi connectivity index (χ0v) is 14.2. The molecule has 3 atom stereocenters. The number of hydrogen-bond acceptors (Lipinski definition) is 3. The summed E-state index contributed by atoms with van der Waals surface area (Å²) in [6.45, 7) is 3.99. The molecule has 0 bridgehead atoms. The molecule has 1 amide bonds. The number of fused-ring (bicyclic) bond motifs is 1. The Kier molecular flexibility index (Phi) is 5.69. The summed E-state index contributed by atoms with van der Waals surface area (Å²) in [6, 6.07) is 4.67. The van der Waals surface area contributed by atoms with Crippen LogP contribution in [0.1, 0.15) is 35.4 Å². The average Bonchev–Trinajstić information content (AvgIpc) is 3.08. The quantitative estimate of drug-likeness (QED) is 0.923. The maximum absolute atomic E-state index is 12.3. The molecule has 1 aromatic rings. The number of amides is 1. The zero-order valence-electron chi connectivity index (χ0n) is 12.6. The van der Waals surface area contributed by atoms with E-state index in [9.17, 15) is 4.79 Å². The first-order valence-electron chi connectivity index (χ1n) is 7.72. The number of hydrogen-bond donors (Lipinski definition) is 1. The Morgan fingerprint density at radius 1 is 1.38 bits per heavy atom. The van der Waals surface area contributed by atoms with Crippen LogP contribution in [0.25, 0.3) is 0 Å². The van der Waals surface area contributed by atoms with Crippen LogP contribution < -0.4 is 5.73 Å². The Morgan fingerprint density at radius 2 is 2.19 bits per heavy atom. The Bertz CT molecular complexity index is 490. The van der Waals surface area contributed by atoms with Crippen molar-refractivity contribution in [2.24, 2.45) is 17.6 Å². The molecule has 3 rings (SSSR count). The number of rotatable bonds is 4. The van der Waals surface area contributed by atoms with Gasteiger partial charge in [0.25, 0.3) is 0 Å². The van der Waals surface area contributed by atoms with Crippen molar-refractivity contribution < 1.29 is 4.79 Å². The van der Waals surface area contributed by atoms with E-state index >= 15 is 0 Å². The average molecular weight is 329 g/mol. The summed E-state index contributed by atoms with van der Waals surface area (Å²) >= 11 is 1.84. The van der Waals surface area contributed by atoms with Crippen LogP contribution in [-0.4, -0.2) is 29.9 Å². The molecule has 21 heavy (non-hydrogen) atoms. The fraction of sp³-hybridized carbons (Fsp3) is 0.688. The molecule has 1 saturated heterocycles. The predicted molar refractivity (Wildman–Crippen MR) is 90.0 cm³/mol. The minimum atomic E-state index is 0. The first-order valence-corrected chi connectivity index (χ1v) is 8.54. The van der Waals surface area contributed by atoms with E-state index in [1.807, 2.05) is 11.3 Å². The van der Waals surface area contributed by atoms with Crippen molar-refractivity contribution in [2.45, 2.75) is 45.1 Å². The molecule has 1 aliphatic heterocycles. The second kappa shape index (κ2) is 7.12. The van der Waals surface area contributed by atoms with Gasteiger partial charge in [-0.1, -0.05) is 0 Å². The molecule has 3 nitrogen and oxygen atoms in total. The van der Waals surface area contributed by atoms with Crippen molar-refractivity contribution in [3.63, 3.8) is 0 Å². The number of carbonyl (C=O) groups is 1. The van der Waals surface area contributed by atoms with Crippen LogP contribution in [0.2, 0.25) is 0 Å². The van der Waals surface area contributed by atoms with E-state index in [-0.39, 0.29) is 12.4 Å². The summed E-state index contributed by atoms with van der Waals surface area (Å²) in [6.07, 6.45) is 5.05. The summed E-state index contributed by atoms with van der Waals surface area (Å²) in [5, 5.41) is 0. The van der Waals surface area contributed by atoms with Crippen LogP contribution in [0.4, 0.5) is 0 Å². The lowest BCUT2D eigenvalue weighted by Crippen LogP contribution is -2.33. The van der Waals surface area contributed by atoms with Crippen molar-refractivity contribution in [1.29, 1.82) is 0 Å². The topological polar surface area (TPSA) is 46.3 Å². The molecule has 1 saturated carbocycles. The van der Waals surface area contributed by atoms with Gasteiger partial charge in [-0.15, -0.1) is 23.7 Å². The molecule has 3 unspecified atom stereocenters. The van der Waals surface area contributed by atoms with Gasteiger partial charge in [0.2, 0.25) is 5.91 Å². The number of nitrogens with zero attached hydrogens (tertiary/aromatic N) is 1.